The third-order valence-electron chi connectivity index (χ3n) is 6.65. The highest BCUT2D eigenvalue weighted by molar-refractivity contribution is 7.91. The van der Waals surface area contributed by atoms with Gasteiger partial charge in [-0.25, -0.2) is 18.1 Å². The Morgan fingerprint density at radius 1 is 1.34 bits per heavy atom. The molecule has 3 aliphatic rings. The number of methoxy groups -OCH3 is 1. The first-order valence-electron chi connectivity index (χ1n) is 10.9. The highest BCUT2D eigenvalue weighted by Crippen LogP contribution is 2.47. The van der Waals surface area contributed by atoms with Crippen molar-refractivity contribution in [3.8, 4) is 0 Å². The predicted molar refractivity (Wildman–Crippen MR) is 118 cm³/mol. The second-order valence-corrected chi connectivity index (χ2v) is 11.1. The number of ether oxygens (including phenoxy) is 1. The lowest BCUT2D eigenvalue weighted by molar-refractivity contribution is -0.165. The summed E-state index contributed by atoms with van der Waals surface area (Å²) in [5.41, 5.74) is 5.73. The Morgan fingerprint density at radius 2 is 2.09 bits per heavy atom. The third kappa shape index (κ3) is 3.62. The number of hydrogen-bond donors (Lipinski definition) is 2. The normalized spacial score (nSPS) is 22.4. The molecule has 1 saturated carbocycles. The molecule has 1 spiro atoms. The van der Waals surface area contributed by atoms with Crippen LogP contribution in [0.25, 0.3) is 16.7 Å². The van der Waals surface area contributed by atoms with Crippen molar-refractivity contribution in [2.75, 3.05) is 23.9 Å². The van der Waals surface area contributed by atoms with Crippen molar-refractivity contribution < 1.29 is 22.8 Å². The Bertz CT molecular complexity index is 1180. The molecule has 0 unspecified atom stereocenters. The van der Waals surface area contributed by atoms with Crippen LogP contribution < -0.4 is 10.8 Å². The molecule has 0 radical (unpaired) electrons. The fourth-order valence-electron chi connectivity index (χ4n) is 4.78. The highest BCUT2D eigenvalue weighted by Gasteiger charge is 2.51. The summed E-state index contributed by atoms with van der Waals surface area (Å²) in [5.74, 6) is -0.0111. The summed E-state index contributed by atoms with van der Waals surface area (Å²) in [7, 11) is -1.56. The fraction of sp³-hybridized carbons (Fsp3) is 0.571. The van der Waals surface area contributed by atoms with Crippen LogP contribution in [-0.4, -0.2) is 59.4 Å². The van der Waals surface area contributed by atoms with Gasteiger partial charge in [-0.15, -0.1) is 0 Å². The summed E-state index contributed by atoms with van der Waals surface area (Å²) in [5, 5.41) is 8.90. The van der Waals surface area contributed by atoms with Crippen molar-refractivity contribution >= 4 is 38.2 Å². The predicted octanol–water partition coefficient (Wildman–Crippen LogP) is 1.64. The Balaban J connectivity index is 1.47. The molecule has 2 aliphatic heterocycles. The van der Waals surface area contributed by atoms with E-state index in [2.05, 4.69) is 20.9 Å². The monoisotopic (exact) mass is 461 g/mol. The molecule has 172 valence electrons. The number of fused-ring (bicyclic) bond motifs is 1. The van der Waals surface area contributed by atoms with Crippen LogP contribution in [-0.2, 0) is 30.8 Å². The van der Waals surface area contributed by atoms with Crippen LogP contribution in [0.1, 0.15) is 38.2 Å². The average Bonchev–Trinajstić information content (AvgIpc) is 3.38. The van der Waals surface area contributed by atoms with Gasteiger partial charge in [0.2, 0.25) is 0 Å². The van der Waals surface area contributed by atoms with E-state index in [9.17, 15) is 13.2 Å². The number of hydrogen-bond acceptors (Lipinski definition) is 9. The number of carbonyl (C=O) groups is 1. The van der Waals surface area contributed by atoms with Gasteiger partial charge in [0.25, 0.3) is 0 Å². The van der Waals surface area contributed by atoms with E-state index in [0.717, 1.165) is 28.0 Å². The molecular weight excluding hydrogens is 434 g/mol. The van der Waals surface area contributed by atoms with Gasteiger partial charge in [-0.1, -0.05) is 0 Å². The number of aromatic nitrogens is 3. The molecule has 5 rings (SSSR count). The first kappa shape index (κ1) is 21.2. The molecule has 1 saturated heterocycles. The summed E-state index contributed by atoms with van der Waals surface area (Å²) < 4.78 is 30.4. The van der Waals surface area contributed by atoms with E-state index in [1.165, 1.54) is 7.11 Å². The maximum Gasteiger partial charge on any atom is 0.308 e. The average molecular weight is 462 g/mol. The lowest BCUT2D eigenvalue weighted by Crippen LogP contribution is -2.47. The summed E-state index contributed by atoms with van der Waals surface area (Å²) in [6.07, 6.45) is 7.82. The second kappa shape index (κ2) is 7.73. The molecule has 10 nitrogen and oxygen atoms in total. The number of carbonyl (C=O) groups excluding carboxylic acids is 1. The Kier molecular flexibility index (Phi) is 5.12. The van der Waals surface area contributed by atoms with Gasteiger partial charge in [0.15, 0.2) is 5.65 Å². The molecule has 0 bridgehead atoms. The summed E-state index contributed by atoms with van der Waals surface area (Å²) in [6.45, 7) is 2.70. The Morgan fingerprint density at radius 3 is 2.78 bits per heavy atom. The zero-order valence-electron chi connectivity index (χ0n) is 18.1. The Hall–Kier alpha value is -2.66. The van der Waals surface area contributed by atoms with Crippen LogP contribution in [0, 0.1) is 5.92 Å². The van der Waals surface area contributed by atoms with E-state index < -0.39 is 15.4 Å². The number of pyridine rings is 1. The minimum absolute atomic E-state index is 0.0390. The Labute approximate surface area is 186 Å². The first-order chi connectivity index (χ1) is 15.3. The molecule has 32 heavy (non-hydrogen) atoms. The molecule has 0 amide bonds. The lowest BCUT2D eigenvalue weighted by atomic mass is 9.70. The van der Waals surface area contributed by atoms with Gasteiger partial charge in [-0.05, 0) is 38.7 Å². The zero-order chi connectivity index (χ0) is 22.5. The molecule has 4 heterocycles. The van der Waals surface area contributed by atoms with Gasteiger partial charge >= 0.3 is 5.97 Å². The zero-order valence-corrected chi connectivity index (χ0v) is 18.9. The molecule has 0 aromatic carbocycles. The fourth-order valence-corrected chi connectivity index (χ4v) is 6.27. The standard InChI is InChI=1S/C21H27N5O5S/c1-3-26-19-16(12-23-26)18(24-14-4-6-32(28,29)7-5-14)15(11-22-19)17-10-21(31-25-17)8-13(9-21)20(27)30-2/h10-14,25H,3-9H2,1-2H3,(H,22,24). The van der Waals surface area contributed by atoms with E-state index >= 15 is 0 Å². The van der Waals surface area contributed by atoms with Crippen molar-refractivity contribution in [3.63, 3.8) is 0 Å². The smallest absolute Gasteiger partial charge is 0.308 e. The minimum Gasteiger partial charge on any atom is -0.469 e. The van der Waals surface area contributed by atoms with Crippen LogP contribution in [0.4, 0.5) is 5.69 Å². The second-order valence-electron chi connectivity index (χ2n) is 8.77. The lowest BCUT2D eigenvalue weighted by Gasteiger charge is -2.39. The van der Waals surface area contributed by atoms with Crippen LogP contribution in [0.5, 0.6) is 0 Å². The van der Waals surface area contributed by atoms with Crippen molar-refractivity contribution in [2.24, 2.45) is 5.92 Å². The van der Waals surface area contributed by atoms with E-state index in [4.69, 9.17) is 9.57 Å². The van der Waals surface area contributed by atoms with E-state index in [1.807, 2.05) is 17.7 Å². The van der Waals surface area contributed by atoms with Crippen LogP contribution in [0.2, 0.25) is 0 Å². The molecule has 2 fully saturated rings. The van der Waals surface area contributed by atoms with Gasteiger partial charge in [0.05, 0.1) is 47.5 Å². The van der Waals surface area contributed by atoms with E-state index in [0.29, 0.717) is 32.2 Å². The largest absolute Gasteiger partial charge is 0.469 e. The summed E-state index contributed by atoms with van der Waals surface area (Å²) in [4.78, 5) is 22.3. The van der Waals surface area contributed by atoms with Crippen LogP contribution >= 0.6 is 0 Å². The maximum absolute atomic E-state index is 11.9. The van der Waals surface area contributed by atoms with Gasteiger partial charge < -0.3 is 10.1 Å². The molecule has 2 aromatic rings. The van der Waals surface area contributed by atoms with Gasteiger partial charge in [-0.3, -0.25) is 15.1 Å². The molecule has 11 heteroatoms. The quantitative estimate of drug-likeness (QED) is 0.639. The summed E-state index contributed by atoms with van der Waals surface area (Å²) in [6, 6.07) is 0.0390. The van der Waals surface area contributed by atoms with E-state index in [1.54, 1.807) is 12.4 Å². The van der Waals surface area contributed by atoms with Crippen molar-refractivity contribution in [1.29, 1.82) is 0 Å². The third-order valence-corrected chi connectivity index (χ3v) is 8.36. The number of rotatable bonds is 5. The van der Waals surface area contributed by atoms with Gasteiger partial charge in [-0.2, -0.15) is 5.10 Å². The summed E-state index contributed by atoms with van der Waals surface area (Å²) >= 11 is 0. The van der Waals surface area contributed by atoms with Crippen molar-refractivity contribution in [2.45, 2.75) is 50.8 Å². The number of esters is 1. The number of nitrogens with one attached hydrogen (secondary N) is 2. The number of nitrogens with zero attached hydrogens (tertiary/aromatic N) is 3. The van der Waals surface area contributed by atoms with Crippen LogP contribution in [0.3, 0.4) is 0 Å². The SMILES string of the molecule is CCn1ncc2c(NC3CCS(=O)(=O)CC3)c(C3=CC4(CC(C(=O)OC)C4)ON3)cnc21. The number of aryl methyl sites for hydroxylation is 1. The molecule has 1 aliphatic carbocycles. The van der Waals surface area contributed by atoms with Crippen molar-refractivity contribution in [3.05, 3.63) is 24.0 Å². The van der Waals surface area contributed by atoms with Crippen LogP contribution in [0.15, 0.2) is 18.5 Å². The number of sulfone groups is 1. The number of hydroxylamine groups is 1. The first-order valence-corrected chi connectivity index (χ1v) is 12.7. The molecule has 0 atom stereocenters. The molecule has 2 aromatic heterocycles. The molecule has 2 N–H and O–H groups in total. The maximum atomic E-state index is 11.9. The van der Waals surface area contributed by atoms with Gasteiger partial charge in [0, 0.05) is 24.3 Å². The topological polar surface area (TPSA) is 124 Å². The van der Waals surface area contributed by atoms with Gasteiger partial charge in [0.1, 0.15) is 15.4 Å². The van der Waals surface area contributed by atoms with E-state index in [-0.39, 0.29) is 29.4 Å². The highest BCUT2D eigenvalue weighted by atomic mass is 32.2. The molecular formula is C21H27N5O5S. The van der Waals surface area contributed by atoms with Crippen molar-refractivity contribution in [1.82, 2.24) is 20.2 Å². The minimum atomic E-state index is -2.95. The number of anilines is 1.